The van der Waals surface area contributed by atoms with Gasteiger partial charge in [-0.05, 0) is 186 Å². The number of hydrogen-bond donors (Lipinski definition) is 3. The SMILES string of the molecule is CC(C)(O)c1cc(-c2ccc(C3=NO[C@@H](C[C@](C)(C(=O)OCc4ccccc4)S(C)(=O)=O)C3)cc2)ccn1.CC(C)(O)c1cc(-c2ccc(C3=NO[C@@H](C[C@](C)(C(=O)OO)S(C)(=O)=O)C3)cc2)ccn1.CC1(C)OB(c2ccc(C3=NO[C@@H](C[C@](C)(C(=O)OCc4ccccc4)S(C)(=O)=O)C3)cc2)OC1(C)C.C[C@@](C[C@H]1CC(c2ccc(Br)cc2)=NO1)(C(=O)OCc1ccccc1)S(C)(=O)=O. The van der Waals surface area contributed by atoms with Crippen LogP contribution in [0.3, 0.4) is 0 Å². The first-order valence-corrected chi connectivity index (χ1v) is 52.0. The van der Waals surface area contributed by atoms with Gasteiger partial charge in [0.2, 0.25) is 0 Å². The first-order chi connectivity index (χ1) is 63.6. The molecule has 2 aromatic heterocycles. The zero-order valence-corrected chi connectivity index (χ0v) is 83.4. The molecule has 5 aliphatic heterocycles. The van der Waals surface area contributed by atoms with Crippen molar-refractivity contribution in [2.24, 2.45) is 20.6 Å². The molecule has 0 unspecified atom stereocenters. The first-order valence-electron chi connectivity index (χ1n) is 43.6. The number of hydrogen-bond acceptors (Lipinski definition) is 31. The van der Waals surface area contributed by atoms with Crippen molar-refractivity contribution in [2.45, 2.75) is 220 Å². The Balaban J connectivity index is 0.000000175. The molecule has 0 radical (unpaired) electrons. The molecule has 0 aliphatic carbocycles. The number of nitrogens with zero attached hydrogens (tertiary/aromatic N) is 6. The summed E-state index contributed by atoms with van der Waals surface area (Å²) in [6, 6.07) is 65.2. The molecule has 14 rings (SSSR count). The Labute approximate surface area is 802 Å². The summed E-state index contributed by atoms with van der Waals surface area (Å²) in [6.07, 6.45) is 5.99. The highest BCUT2D eigenvalue weighted by Crippen LogP contribution is 2.40. The second kappa shape index (κ2) is 42.8. The van der Waals surface area contributed by atoms with Crippen LogP contribution in [0.2, 0.25) is 0 Å². The monoisotopic (exact) mass is 2000 g/mol. The van der Waals surface area contributed by atoms with E-state index in [9.17, 15) is 63.1 Å². The van der Waals surface area contributed by atoms with E-state index < -0.39 is 136 Å². The molecular formula is C99H114BBrN6O25S4. The fourth-order valence-corrected chi connectivity index (χ4v) is 18.5. The molecule has 7 aromatic carbocycles. The average Bonchev–Trinajstić information content (AvgIpc) is 1.64. The van der Waals surface area contributed by atoms with Crippen LogP contribution in [0, 0.1) is 0 Å². The molecular weight excluding hydrogens is 1890 g/mol. The fourth-order valence-electron chi connectivity index (χ4n) is 14.9. The number of carbonyl (C=O) groups is 4. The van der Waals surface area contributed by atoms with Crippen molar-refractivity contribution >= 4 is 115 Å². The first kappa shape index (κ1) is 105. The third-order valence-electron chi connectivity index (χ3n) is 24.9. The van der Waals surface area contributed by atoms with Gasteiger partial charge in [-0.3, -0.25) is 29.2 Å². The largest absolute Gasteiger partial charge is 0.494 e. The van der Waals surface area contributed by atoms with E-state index in [4.69, 9.17) is 48.1 Å². The zero-order valence-electron chi connectivity index (χ0n) is 78.5. The second-order valence-electron chi connectivity index (χ2n) is 37.1. The highest BCUT2D eigenvalue weighted by Gasteiger charge is 2.55. The molecule has 3 N–H and O–H groups in total. The predicted octanol–water partition coefficient (Wildman–Crippen LogP) is 14.4. The predicted molar refractivity (Wildman–Crippen MR) is 519 cm³/mol. The van der Waals surface area contributed by atoms with Gasteiger partial charge in [0.25, 0.3) is 0 Å². The van der Waals surface area contributed by atoms with E-state index in [0.29, 0.717) is 54.2 Å². The highest BCUT2D eigenvalue weighted by molar-refractivity contribution is 9.10. The van der Waals surface area contributed by atoms with E-state index in [2.05, 4.69) is 51.4 Å². The minimum atomic E-state index is -3.88. The Morgan fingerprint density at radius 3 is 0.882 bits per heavy atom. The molecule has 0 bridgehead atoms. The minimum absolute atomic E-state index is 0.00675. The van der Waals surface area contributed by atoms with Crippen molar-refractivity contribution in [2.75, 3.05) is 25.0 Å². The summed E-state index contributed by atoms with van der Waals surface area (Å²) in [4.78, 5) is 84.8. The van der Waals surface area contributed by atoms with Gasteiger partial charge in [-0.1, -0.05) is 212 Å². The summed E-state index contributed by atoms with van der Waals surface area (Å²) in [5, 5.41) is 45.7. The van der Waals surface area contributed by atoms with Gasteiger partial charge in [0.1, 0.15) is 55.4 Å². The molecule has 0 amide bonds. The number of ether oxygens (including phenoxy) is 3. The molecule has 9 aromatic rings. The van der Waals surface area contributed by atoms with Crippen LogP contribution in [-0.2, 0) is 137 Å². The van der Waals surface area contributed by atoms with Crippen molar-refractivity contribution in [1.82, 2.24) is 9.97 Å². The molecule has 724 valence electrons. The van der Waals surface area contributed by atoms with Crippen LogP contribution in [0.1, 0.15) is 185 Å². The third kappa shape index (κ3) is 26.0. The smallest absolute Gasteiger partial charge is 0.460 e. The number of carbonyl (C=O) groups excluding carboxylic acids is 4. The van der Waals surface area contributed by atoms with E-state index in [1.807, 2.05) is 228 Å². The van der Waals surface area contributed by atoms with E-state index in [0.717, 1.165) is 102 Å². The molecule has 0 saturated carbocycles. The number of benzene rings is 7. The average molecular weight is 2010 g/mol. The van der Waals surface area contributed by atoms with Crippen molar-refractivity contribution < 1.29 is 116 Å². The van der Waals surface area contributed by atoms with Gasteiger partial charge in [-0.15, -0.1) is 0 Å². The number of halogens is 1. The molecule has 5 aliphatic rings. The summed E-state index contributed by atoms with van der Waals surface area (Å²) >= 11 is 3.39. The Bertz CT molecular complexity index is 6380. The molecule has 0 spiro atoms. The van der Waals surface area contributed by atoms with E-state index in [1.165, 1.54) is 27.7 Å². The van der Waals surface area contributed by atoms with Crippen molar-refractivity contribution in [3.63, 3.8) is 0 Å². The van der Waals surface area contributed by atoms with E-state index >= 15 is 0 Å². The van der Waals surface area contributed by atoms with Crippen LogP contribution in [0.15, 0.2) is 250 Å². The summed E-state index contributed by atoms with van der Waals surface area (Å²) < 4.78 is 122. The standard InChI is InChI=1S/C29H32N2O6S.C27H34BNO7S.C22H26N2O7S.C21H22BrNO5S/c1-28(2,33)26-16-23(14-15-30-26)21-10-12-22(13-11-21)25-17-24(37-31-25)18-29(3,38(4,34)35)27(32)36-19-20-8-6-5-7-9-20;1-25(2)26(3,4)36-28(35-25)21-14-12-20(13-15-21)23-16-22(34-29-23)17-27(5,37(6,31)32)24(30)33-18-19-10-8-7-9-11-19;1-21(2,26)19-11-16(9-10-23-19)14-5-7-15(8-6-14)18-12-17(30-24-18)13-22(3,20(25)31-27)32(4,28)29;1-21(29(2,25)26,20(24)27-14-15-6-4-3-5-7-15)13-18-12-19(23-28-18)16-8-10-17(22)11-9-16/h5-16,24,33H,17-19H2,1-4H3;7-15,22H,16-18H2,1-6H3;5-11,17,26-27H,12-13H2,1-4H3;3-11,18H,12-14H2,1-2H3/t24-,29-;22-,27-;17-,22-;18-,21-/m1111/s1. The highest BCUT2D eigenvalue weighted by atomic mass is 79.9. The number of sulfone groups is 4. The molecule has 8 atom stereocenters. The van der Waals surface area contributed by atoms with Crippen LogP contribution >= 0.6 is 15.9 Å². The minimum Gasteiger partial charge on any atom is -0.460 e. The van der Waals surface area contributed by atoms with Crippen molar-refractivity contribution in [1.29, 1.82) is 0 Å². The second-order valence-corrected chi connectivity index (χ2v) is 47.8. The van der Waals surface area contributed by atoms with Gasteiger partial charge in [-0.2, -0.15) is 5.26 Å². The lowest BCUT2D eigenvalue weighted by Crippen LogP contribution is -2.46. The molecule has 37 heteroatoms. The van der Waals surface area contributed by atoms with Crippen molar-refractivity contribution in [3.05, 3.63) is 280 Å². The normalized spacial score (nSPS) is 19.1. The number of pyridine rings is 2. The van der Waals surface area contributed by atoms with Crippen LogP contribution < -0.4 is 5.46 Å². The summed E-state index contributed by atoms with van der Waals surface area (Å²) in [7, 11) is -15.7. The number of aromatic nitrogens is 2. The maximum atomic E-state index is 13.0. The lowest BCUT2D eigenvalue weighted by atomic mass is 9.78. The molecule has 1 fully saturated rings. The summed E-state index contributed by atoms with van der Waals surface area (Å²) in [6.45, 7) is 20.1. The van der Waals surface area contributed by atoms with Gasteiger partial charge < -0.3 is 53.1 Å². The lowest BCUT2D eigenvalue weighted by molar-refractivity contribution is -0.237. The maximum Gasteiger partial charge on any atom is 0.494 e. The Kier molecular flexibility index (Phi) is 33.1. The summed E-state index contributed by atoms with van der Waals surface area (Å²) in [5.74, 6) is -3.66. The van der Waals surface area contributed by atoms with Crippen molar-refractivity contribution in [3.8, 4) is 22.3 Å². The fraction of sp³-hybridized carbons (Fsp3) is 0.394. The van der Waals surface area contributed by atoms with Crippen LogP contribution in [-0.4, -0.2) is 193 Å². The van der Waals surface area contributed by atoms with Gasteiger partial charge in [0, 0.05) is 93.3 Å². The number of rotatable bonds is 31. The van der Waals surface area contributed by atoms with Gasteiger partial charge in [0.15, 0.2) is 58.3 Å². The van der Waals surface area contributed by atoms with Crippen LogP contribution in [0.25, 0.3) is 22.3 Å². The zero-order chi connectivity index (χ0) is 99.4. The quantitative estimate of drug-likeness (QED) is 0.0119. The molecule has 136 heavy (non-hydrogen) atoms. The number of aliphatic hydroxyl groups is 2. The molecule has 31 nitrogen and oxygen atoms in total. The van der Waals surface area contributed by atoms with Crippen LogP contribution in [0.5, 0.6) is 0 Å². The third-order valence-corrected chi connectivity index (χ3v) is 33.4. The maximum absolute atomic E-state index is 13.0. The molecule has 1 saturated heterocycles. The molecule has 7 heterocycles. The number of esters is 3. The summed E-state index contributed by atoms with van der Waals surface area (Å²) in [5.41, 5.74) is 11.1. The Morgan fingerprint density at radius 1 is 0.375 bits per heavy atom. The Morgan fingerprint density at radius 2 is 0.625 bits per heavy atom. The van der Waals surface area contributed by atoms with E-state index in [-0.39, 0.29) is 45.5 Å². The Hall–Kier alpha value is -11.3. The lowest BCUT2D eigenvalue weighted by Gasteiger charge is -2.32. The number of oxime groups is 4. The van der Waals surface area contributed by atoms with Gasteiger partial charge in [-0.25, -0.2) is 38.5 Å². The van der Waals surface area contributed by atoms with Crippen LogP contribution in [0.4, 0.5) is 0 Å². The van der Waals surface area contributed by atoms with E-state index in [1.54, 1.807) is 52.2 Å². The topological polar surface area (TPSA) is 433 Å². The van der Waals surface area contributed by atoms with Gasteiger partial charge in [0.05, 0.1) is 45.4 Å². The van der Waals surface area contributed by atoms with Gasteiger partial charge >= 0.3 is 31.0 Å².